The number of hydrogen-bond acceptors (Lipinski definition) is 2. The second-order valence-electron chi connectivity index (χ2n) is 4.99. The maximum atomic E-state index is 12.5. The molecule has 0 saturated carbocycles. The van der Waals surface area contributed by atoms with Gasteiger partial charge in [0.2, 0.25) is 5.91 Å². The lowest BCUT2D eigenvalue weighted by Crippen LogP contribution is -2.43. The predicted octanol–water partition coefficient (Wildman–Crippen LogP) is 2.48. The van der Waals surface area contributed by atoms with Crippen LogP contribution >= 0.6 is 0 Å². The van der Waals surface area contributed by atoms with Crippen LogP contribution in [0.15, 0.2) is 24.3 Å². The Hall–Kier alpha value is -1.82. The summed E-state index contributed by atoms with van der Waals surface area (Å²) in [5, 5.41) is 8.66. The Morgan fingerprint density at radius 1 is 1.50 bits per heavy atom. The summed E-state index contributed by atoms with van der Waals surface area (Å²) in [4.78, 5) is 14.3. The van der Waals surface area contributed by atoms with Gasteiger partial charge in [0.1, 0.15) is 0 Å². The van der Waals surface area contributed by atoms with Crippen LogP contribution in [0, 0.1) is 11.3 Å². The van der Waals surface area contributed by atoms with Crippen LogP contribution in [0.1, 0.15) is 37.3 Å². The number of carbonyl (C=O) groups excluding carboxylic acids is 1. The standard InChI is InChI=1S/C15H18N2O/c1-11(2)17(9-5-8-16)15(18)14-10-12-6-3-4-7-13(12)14/h3-4,6-7,11,14H,5,9-10H2,1-2H3. The molecular formula is C15H18N2O. The zero-order valence-corrected chi connectivity index (χ0v) is 10.9. The first-order chi connectivity index (χ1) is 8.65. The minimum Gasteiger partial charge on any atom is -0.339 e. The van der Waals surface area contributed by atoms with Crippen LogP contribution in [0.2, 0.25) is 0 Å². The zero-order valence-electron chi connectivity index (χ0n) is 10.9. The summed E-state index contributed by atoms with van der Waals surface area (Å²) in [5.41, 5.74) is 2.44. The first-order valence-corrected chi connectivity index (χ1v) is 6.40. The topological polar surface area (TPSA) is 44.1 Å². The number of carbonyl (C=O) groups is 1. The third-order valence-electron chi connectivity index (χ3n) is 3.52. The summed E-state index contributed by atoms with van der Waals surface area (Å²) >= 11 is 0. The van der Waals surface area contributed by atoms with Gasteiger partial charge >= 0.3 is 0 Å². The third kappa shape index (κ3) is 2.24. The Labute approximate surface area is 108 Å². The molecule has 94 valence electrons. The minimum atomic E-state index is 0.00212. The van der Waals surface area contributed by atoms with E-state index >= 15 is 0 Å². The molecular weight excluding hydrogens is 224 g/mol. The van der Waals surface area contributed by atoms with E-state index < -0.39 is 0 Å². The van der Waals surface area contributed by atoms with Crippen LogP contribution < -0.4 is 0 Å². The molecule has 1 unspecified atom stereocenters. The highest BCUT2D eigenvalue weighted by molar-refractivity contribution is 5.87. The SMILES string of the molecule is CC(C)N(CCC#N)C(=O)C1Cc2ccccc21. The van der Waals surface area contributed by atoms with E-state index in [2.05, 4.69) is 12.1 Å². The second-order valence-corrected chi connectivity index (χ2v) is 4.99. The van der Waals surface area contributed by atoms with Crippen molar-refractivity contribution >= 4 is 5.91 Å². The van der Waals surface area contributed by atoms with Crippen LogP contribution in [-0.2, 0) is 11.2 Å². The van der Waals surface area contributed by atoms with Crippen molar-refractivity contribution in [3.63, 3.8) is 0 Å². The van der Waals surface area contributed by atoms with Crippen molar-refractivity contribution in [2.75, 3.05) is 6.54 Å². The van der Waals surface area contributed by atoms with Gasteiger partial charge in [-0.15, -0.1) is 0 Å². The van der Waals surface area contributed by atoms with Crippen molar-refractivity contribution in [2.24, 2.45) is 0 Å². The largest absolute Gasteiger partial charge is 0.339 e. The van der Waals surface area contributed by atoms with Crippen molar-refractivity contribution in [1.29, 1.82) is 5.26 Å². The first-order valence-electron chi connectivity index (χ1n) is 6.40. The maximum Gasteiger partial charge on any atom is 0.230 e. The average Bonchev–Trinajstić information content (AvgIpc) is 2.31. The fraction of sp³-hybridized carbons (Fsp3) is 0.467. The summed E-state index contributed by atoms with van der Waals surface area (Å²) in [5.74, 6) is 0.168. The quantitative estimate of drug-likeness (QED) is 0.814. The van der Waals surface area contributed by atoms with Crippen molar-refractivity contribution in [1.82, 2.24) is 4.90 Å². The van der Waals surface area contributed by atoms with Crippen LogP contribution in [-0.4, -0.2) is 23.4 Å². The number of nitrogens with zero attached hydrogens (tertiary/aromatic N) is 2. The molecule has 0 fully saturated rings. The maximum absolute atomic E-state index is 12.5. The lowest BCUT2D eigenvalue weighted by molar-refractivity contribution is -0.135. The minimum absolute atomic E-state index is 0.00212. The van der Waals surface area contributed by atoms with Crippen LogP contribution in [0.4, 0.5) is 0 Å². The molecule has 3 nitrogen and oxygen atoms in total. The third-order valence-corrected chi connectivity index (χ3v) is 3.52. The highest BCUT2D eigenvalue weighted by atomic mass is 16.2. The van der Waals surface area contributed by atoms with Gasteiger partial charge in [-0.2, -0.15) is 5.26 Å². The summed E-state index contributed by atoms with van der Waals surface area (Å²) in [6.07, 6.45) is 1.24. The lowest BCUT2D eigenvalue weighted by atomic mass is 9.76. The Kier molecular flexibility index (Phi) is 3.66. The highest BCUT2D eigenvalue weighted by Crippen LogP contribution is 2.36. The van der Waals surface area contributed by atoms with Crippen molar-refractivity contribution < 1.29 is 4.79 Å². The number of nitriles is 1. The van der Waals surface area contributed by atoms with Crippen molar-refractivity contribution in [2.45, 2.75) is 38.6 Å². The van der Waals surface area contributed by atoms with Gasteiger partial charge in [0.05, 0.1) is 18.4 Å². The smallest absolute Gasteiger partial charge is 0.230 e. The number of rotatable bonds is 4. The molecule has 1 amide bonds. The van der Waals surface area contributed by atoms with Gasteiger partial charge in [0, 0.05) is 12.6 Å². The molecule has 0 saturated heterocycles. The van der Waals surface area contributed by atoms with E-state index in [4.69, 9.17) is 5.26 Å². The molecule has 0 bridgehead atoms. The summed E-state index contributed by atoms with van der Waals surface area (Å²) < 4.78 is 0. The van der Waals surface area contributed by atoms with E-state index in [0.29, 0.717) is 13.0 Å². The van der Waals surface area contributed by atoms with Crippen LogP contribution in [0.25, 0.3) is 0 Å². The second kappa shape index (κ2) is 5.22. The molecule has 0 aliphatic heterocycles. The molecule has 1 aliphatic carbocycles. The molecule has 3 heteroatoms. The molecule has 0 heterocycles. The van der Waals surface area contributed by atoms with E-state index in [-0.39, 0.29) is 17.9 Å². The van der Waals surface area contributed by atoms with Crippen molar-refractivity contribution in [3.8, 4) is 6.07 Å². The fourth-order valence-corrected chi connectivity index (χ4v) is 2.47. The van der Waals surface area contributed by atoms with E-state index in [1.54, 1.807) is 0 Å². The summed E-state index contributed by atoms with van der Waals surface area (Å²) in [7, 11) is 0. The van der Waals surface area contributed by atoms with Crippen LogP contribution in [0.3, 0.4) is 0 Å². The Balaban J connectivity index is 2.10. The Morgan fingerprint density at radius 2 is 2.22 bits per heavy atom. The molecule has 0 aromatic heterocycles. The first kappa shape index (κ1) is 12.6. The normalized spacial score (nSPS) is 16.7. The Morgan fingerprint density at radius 3 is 2.83 bits per heavy atom. The molecule has 0 radical (unpaired) electrons. The van der Waals surface area contributed by atoms with Crippen LogP contribution in [0.5, 0.6) is 0 Å². The van der Waals surface area contributed by atoms with E-state index in [9.17, 15) is 4.79 Å². The molecule has 0 spiro atoms. The number of benzene rings is 1. The molecule has 1 atom stereocenters. The predicted molar refractivity (Wildman–Crippen MR) is 70.0 cm³/mol. The lowest BCUT2D eigenvalue weighted by Gasteiger charge is -2.35. The van der Waals surface area contributed by atoms with Gasteiger partial charge in [-0.1, -0.05) is 24.3 Å². The fourth-order valence-electron chi connectivity index (χ4n) is 2.47. The molecule has 1 aromatic rings. The zero-order chi connectivity index (χ0) is 13.1. The molecule has 1 aromatic carbocycles. The van der Waals surface area contributed by atoms with Crippen molar-refractivity contribution in [3.05, 3.63) is 35.4 Å². The van der Waals surface area contributed by atoms with Gasteiger partial charge in [0.25, 0.3) is 0 Å². The van der Waals surface area contributed by atoms with Gasteiger partial charge < -0.3 is 4.90 Å². The molecule has 2 rings (SSSR count). The van der Waals surface area contributed by atoms with E-state index in [0.717, 1.165) is 12.0 Å². The van der Waals surface area contributed by atoms with Gasteiger partial charge in [-0.25, -0.2) is 0 Å². The summed E-state index contributed by atoms with van der Waals surface area (Å²) in [6, 6.07) is 10.4. The number of amides is 1. The van der Waals surface area contributed by atoms with E-state index in [1.807, 2.05) is 36.9 Å². The molecule has 1 aliphatic rings. The molecule has 0 N–H and O–H groups in total. The Bertz CT molecular complexity index is 488. The molecule has 18 heavy (non-hydrogen) atoms. The van der Waals surface area contributed by atoms with Gasteiger partial charge in [-0.3, -0.25) is 4.79 Å². The average molecular weight is 242 g/mol. The number of fused-ring (bicyclic) bond motifs is 1. The summed E-state index contributed by atoms with van der Waals surface area (Å²) in [6.45, 7) is 4.53. The highest BCUT2D eigenvalue weighted by Gasteiger charge is 2.35. The van der Waals surface area contributed by atoms with Gasteiger partial charge in [-0.05, 0) is 31.4 Å². The van der Waals surface area contributed by atoms with Gasteiger partial charge in [0.15, 0.2) is 0 Å². The van der Waals surface area contributed by atoms with E-state index in [1.165, 1.54) is 5.56 Å². The monoisotopic (exact) mass is 242 g/mol. The number of hydrogen-bond donors (Lipinski definition) is 0.